The lowest BCUT2D eigenvalue weighted by Gasteiger charge is -2.33. The van der Waals surface area contributed by atoms with Gasteiger partial charge in [-0.1, -0.05) is 18.9 Å². The van der Waals surface area contributed by atoms with Gasteiger partial charge in [0.25, 0.3) is 0 Å². The number of nitrogens with two attached hydrogens (primary N) is 1. The summed E-state index contributed by atoms with van der Waals surface area (Å²) in [5.74, 6) is 1.51. The Bertz CT molecular complexity index is 756. The number of primary amides is 1. The molecular formula is C21H29N3O2. The molecule has 26 heavy (non-hydrogen) atoms. The van der Waals surface area contributed by atoms with Crippen LogP contribution < -0.4 is 10.5 Å². The Morgan fingerprint density at radius 3 is 2.62 bits per heavy atom. The van der Waals surface area contributed by atoms with Crippen molar-refractivity contribution in [3.05, 3.63) is 30.5 Å². The fourth-order valence-corrected chi connectivity index (χ4v) is 4.55. The third-order valence-corrected chi connectivity index (χ3v) is 5.92. The van der Waals surface area contributed by atoms with E-state index < -0.39 is 0 Å². The molecule has 1 aromatic heterocycles. The molecule has 5 heteroatoms. The number of amides is 1. The zero-order chi connectivity index (χ0) is 17.9. The van der Waals surface area contributed by atoms with Gasteiger partial charge in [-0.05, 0) is 49.8 Å². The average Bonchev–Trinajstić information content (AvgIpc) is 3.27. The largest absolute Gasteiger partial charge is 0.490 e. The minimum Gasteiger partial charge on any atom is -0.490 e. The molecule has 0 spiro atoms. The van der Waals surface area contributed by atoms with Crippen LogP contribution in [0.15, 0.2) is 30.5 Å². The van der Waals surface area contributed by atoms with Gasteiger partial charge >= 0.3 is 0 Å². The van der Waals surface area contributed by atoms with E-state index in [0.29, 0.717) is 0 Å². The van der Waals surface area contributed by atoms with Crippen LogP contribution in [-0.4, -0.2) is 41.1 Å². The van der Waals surface area contributed by atoms with Crippen molar-refractivity contribution in [1.82, 2.24) is 9.47 Å². The van der Waals surface area contributed by atoms with Crippen LogP contribution in [0.3, 0.4) is 0 Å². The van der Waals surface area contributed by atoms with Gasteiger partial charge in [0.1, 0.15) is 18.4 Å². The first-order valence-corrected chi connectivity index (χ1v) is 9.94. The molecule has 0 radical (unpaired) electrons. The molecule has 1 saturated carbocycles. The first kappa shape index (κ1) is 17.4. The monoisotopic (exact) mass is 355 g/mol. The Labute approximate surface area is 155 Å². The van der Waals surface area contributed by atoms with Gasteiger partial charge in [0.05, 0.1) is 5.52 Å². The number of rotatable bonds is 6. The maximum absolute atomic E-state index is 11.2. The fraction of sp³-hybridized carbons (Fsp3) is 0.571. The van der Waals surface area contributed by atoms with Gasteiger partial charge in [-0.15, -0.1) is 0 Å². The van der Waals surface area contributed by atoms with E-state index in [9.17, 15) is 4.79 Å². The van der Waals surface area contributed by atoms with E-state index in [1.165, 1.54) is 32.2 Å². The lowest BCUT2D eigenvalue weighted by Crippen LogP contribution is -2.40. The summed E-state index contributed by atoms with van der Waals surface area (Å²) in [6.07, 6.45) is 10.0. The molecule has 2 heterocycles. The van der Waals surface area contributed by atoms with Gasteiger partial charge in [0.15, 0.2) is 0 Å². The quantitative estimate of drug-likeness (QED) is 0.866. The second kappa shape index (κ2) is 7.70. The van der Waals surface area contributed by atoms with E-state index in [0.717, 1.165) is 48.5 Å². The van der Waals surface area contributed by atoms with Crippen LogP contribution in [0.5, 0.6) is 5.75 Å². The number of fused-ring (bicyclic) bond motifs is 1. The average molecular weight is 355 g/mol. The molecule has 2 N–H and O–H groups in total. The number of nitrogens with zero attached hydrogens (tertiary/aromatic N) is 2. The molecule has 2 aromatic rings. The lowest BCUT2D eigenvalue weighted by molar-refractivity contribution is -0.118. The molecule has 1 aromatic carbocycles. The molecule has 1 aliphatic heterocycles. The minimum absolute atomic E-state index is 0.201. The zero-order valence-corrected chi connectivity index (χ0v) is 15.4. The number of benzene rings is 1. The lowest BCUT2D eigenvalue weighted by atomic mass is 10.0. The molecule has 1 aliphatic carbocycles. The number of hydrogen-bond donors (Lipinski definition) is 1. The van der Waals surface area contributed by atoms with Crippen molar-refractivity contribution >= 4 is 16.8 Å². The number of hydrogen-bond acceptors (Lipinski definition) is 3. The molecule has 140 valence electrons. The summed E-state index contributed by atoms with van der Waals surface area (Å²) in [6.45, 7) is 3.75. The highest BCUT2D eigenvalue weighted by Gasteiger charge is 2.24. The first-order valence-electron chi connectivity index (χ1n) is 9.94. The summed E-state index contributed by atoms with van der Waals surface area (Å²) < 4.78 is 8.23. The molecule has 0 unspecified atom stereocenters. The van der Waals surface area contributed by atoms with Crippen LogP contribution in [-0.2, 0) is 11.3 Å². The van der Waals surface area contributed by atoms with E-state index in [-0.39, 0.29) is 18.6 Å². The summed E-state index contributed by atoms with van der Waals surface area (Å²) >= 11 is 0. The number of ether oxygens (including phenoxy) is 1. The van der Waals surface area contributed by atoms with Crippen LogP contribution in [0, 0.1) is 5.92 Å². The first-order chi connectivity index (χ1) is 12.7. The van der Waals surface area contributed by atoms with Gasteiger partial charge < -0.3 is 19.9 Å². The number of carbonyl (C=O) groups excluding carboxylic acids is 1. The number of carbonyl (C=O) groups is 1. The summed E-state index contributed by atoms with van der Waals surface area (Å²) in [7, 11) is 0. The van der Waals surface area contributed by atoms with Crippen molar-refractivity contribution < 1.29 is 9.53 Å². The van der Waals surface area contributed by atoms with E-state index in [1.54, 1.807) is 0 Å². The van der Waals surface area contributed by atoms with Crippen molar-refractivity contribution in [3.8, 4) is 5.75 Å². The Kier molecular flexibility index (Phi) is 5.16. The molecule has 1 amide bonds. The molecule has 2 fully saturated rings. The molecule has 2 aliphatic rings. The topological polar surface area (TPSA) is 60.5 Å². The smallest absolute Gasteiger partial charge is 0.237 e. The molecule has 0 atom stereocenters. The van der Waals surface area contributed by atoms with Crippen LogP contribution in [0.4, 0.5) is 0 Å². The predicted octanol–water partition coefficient (Wildman–Crippen LogP) is 3.16. The Morgan fingerprint density at radius 1 is 1.12 bits per heavy atom. The standard InChI is InChI=1S/C21H29N3O2/c22-21(25)15-24-13-10-18-19(24)6-3-7-20(18)26-17-8-11-23(12-9-17)14-16-4-1-2-5-16/h3,6-7,10,13,16-17H,1-2,4-5,8-9,11-12,14-15H2,(H2,22,25). The molecule has 5 nitrogen and oxygen atoms in total. The van der Waals surface area contributed by atoms with Crippen LogP contribution in [0.25, 0.3) is 10.9 Å². The van der Waals surface area contributed by atoms with Crippen molar-refractivity contribution in [2.75, 3.05) is 19.6 Å². The molecule has 4 rings (SSSR count). The number of piperidine rings is 1. The third-order valence-electron chi connectivity index (χ3n) is 5.92. The van der Waals surface area contributed by atoms with Crippen LogP contribution in [0.1, 0.15) is 38.5 Å². The Morgan fingerprint density at radius 2 is 1.88 bits per heavy atom. The number of likely N-dealkylation sites (tertiary alicyclic amines) is 1. The SMILES string of the molecule is NC(=O)Cn1ccc2c(OC3CCN(CC4CCCC4)CC3)cccc21. The van der Waals surface area contributed by atoms with Gasteiger partial charge in [0.2, 0.25) is 5.91 Å². The normalized spacial score (nSPS) is 20.0. The second-order valence-electron chi connectivity index (χ2n) is 7.87. The molecular weight excluding hydrogens is 326 g/mol. The fourth-order valence-electron chi connectivity index (χ4n) is 4.55. The predicted molar refractivity (Wildman–Crippen MR) is 103 cm³/mol. The highest BCUT2D eigenvalue weighted by atomic mass is 16.5. The van der Waals surface area contributed by atoms with Crippen molar-refractivity contribution in [2.45, 2.75) is 51.2 Å². The second-order valence-corrected chi connectivity index (χ2v) is 7.87. The van der Waals surface area contributed by atoms with Gasteiger partial charge in [-0.2, -0.15) is 0 Å². The highest BCUT2D eigenvalue weighted by molar-refractivity contribution is 5.87. The molecule has 0 bridgehead atoms. The third kappa shape index (κ3) is 3.88. The Balaban J connectivity index is 1.37. The van der Waals surface area contributed by atoms with Crippen molar-refractivity contribution in [1.29, 1.82) is 0 Å². The van der Waals surface area contributed by atoms with Crippen LogP contribution >= 0.6 is 0 Å². The highest BCUT2D eigenvalue weighted by Crippen LogP contribution is 2.30. The molecule has 1 saturated heterocycles. The van der Waals surface area contributed by atoms with Crippen LogP contribution in [0.2, 0.25) is 0 Å². The van der Waals surface area contributed by atoms with Crippen molar-refractivity contribution in [2.24, 2.45) is 11.7 Å². The summed E-state index contributed by atoms with van der Waals surface area (Å²) in [6, 6.07) is 8.05. The Hall–Kier alpha value is -2.01. The number of aromatic nitrogens is 1. The minimum atomic E-state index is -0.330. The zero-order valence-electron chi connectivity index (χ0n) is 15.4. The van der Waals surface area contributed by atoms with E-state index in [2.05, 4.69) is 4.90 Å². The van der Waals surface area contributed by atoms with Gasteiger partial charge in [-0.3, -0.25) is 4.79 Å². The summed E-state index contributed by atoms with van der Waals surface area (Å²) in [5, 5.41) is 1.06. The van der Waals surface area contributed by atoms with Gasteiger partial charge in [0, 0.05) is 31.2 Å². The van der Waals surface area contributed by atoms with E-state index in [4.69, 9.17) is 10.5 Å². The summed E-state index contributed by atoms with van der Waals surface area (Å²) in [5.41, 5.74) is 6.34. The van der Waals surface area contributed by atoms with Gasteiger partial charge in [-0.25, -0.2) is 0 Å². The van der Waals surface area contributed by atoms with E-state index in [1.807, 2.05) is 35.0 Å². The summed E-state index contributed by atoms with van der Waals surface area (Å²) in [4.78, 5) is 13.9. The van der Waals surface area contributed by atoms with Crippen molar-refractivity contribution in [3.63, 3.8) is 0 Å². The maximum atomic E-state index is 11.2. The maximum Gasteiger partial charge on any atom is 0.237 e. The van der Waals surface area contributed by atoms with E-state index >= 15 is 0 Å².